The quantitative estimate of drug-likeness (QED) is 0.749. The molecule has 0 amide bonds. The largest absolute Gasteiger partial charge is 0.393 e. The third-order valence-corrected chi connectivity index (χ3v) is 4.41. The first-order chi connectivity index (χ1) is 9.79. The fourth-order valence-electron chi connectivity index (χ4n) is 2.99. The molecular weight excluding hydrogens is 306 g/mol. The Labute approximate surface area is 126 Å². The third-order valence-electron chi connectivity index (χ3n) is 4.08. The summed E-state index contributed by atoms with van der Waals surface area (Å²) in [5, 5.41) is 3.26. The lowest BCUT2D eigenvalue weighted by Gasteiger charge is -2.35. The summed E-state index contributed by atoms with van der Waals surface area (Å²) in [7, 11) is 0. The van der Waals surface area contributed by atoms with Crippen molar-refractivity contribution in [1.29, 1.82) is 0 Å². The van der Waals surface area contributed by atoms with Crippen LogP contribution in [0.1, 0.15) is 44.2 Å². The van der Waals surface area contributed by atoms with Gasteiger partial charge in [0.05, 0.1) is 5.92 Å². The van der Waals surface area contributed by atoms with Gasteiger partial charge in [-0.15, -0.1) is 0 Å². The number of benzene rings is 1. The Kier molecular flexibility index (Phi) is 5.15. The summed E-state index contributed by atoms with van der Waals surface area (Å²) in [6, 6.07) is 2.99. The highest BCUT2D eigenvalue weighted by molar-refractivity contribution is 6.31. The lowest BCUT2D eigenvalue weighted by Crippen LogP contribution is -2.46. The molecule has 21 heavy (non-hydrogen) atoms. The van der Waals surface area contributed by atoms with Crippen LogP contribution in [0.3, 0.4) is 0 Å². The Bertz CT molecular complexity index is 489. The number of nitrogens with one attached hydrogen (secondary N) is 1. The summed E-state index contributed by atoms with van der Waals surface area (Å²) in [6.45, 7) is 1.75. The maximum Gasteiger partial charge on any atom is 0.393 e. The van der Waals surface area contributed by atoms with E-state index in [0.29, 0.717) is 18.4 Å². The van der Waals surface area contributed by atoms with Crippen LogP contribution in [0.25, 0.3) is 0 Å². The van der Waals surface area contributed by atoms with Gasteiger partial charge >= 0.3 is 6.18 Å². The summed E-state index contributed by atoms with van der Waals surface area (Å²) < 4.78 is 52.2. The van der Waals surface area contributed by atoms with Gasteiger partial charge in [-0.05, 0) is 37.5 Å². The van der Waals surface area contributed by atoms with Gasteiger partial charge in [0.25, 0.3) is 0 Å². The van der Waals surface area contributed by atoms with Crippen LogP contribution in [-0.4, -0.2) is 12.2 Å². The first kappa shape index (κ1) is 16.6. The van der Waals surface area contributed by atoms with Crippen LogP contribution in [0.5, 0.6) is 0 Å². The highest BCUT2D eigenvalue weighted by Gasteiger charge is 2.45. The van der Waals surface area contributed by atoms with Crippen molar-refractivity contribution in [3.8, 4) is 0 Å². The molecular formula is C15H18ClF4N. The fraction of sp³-hybridized carbons (Fsp3) is 0.600. The average Bonchev–Trinajstić information content (AvgIpc) is 2.37. The molecule has 118 valence electrons. The topological polar surface area (TPSA) is 12.0 Å². The second kappa shape index (κ2) is 6.53. The first-order valence-electron chi connectivity index (χ1n) is 7.06. The van der Waals surface area contributed by atoms with Crippen molar-refractivity contribution in [2.24, 2.45) is 5.92 Å². The molecule has 0 saturated heterocycles. The number of rotatable bonds is 3. The molecule has 1 N–H and O–H groups in total. The van der Waals surface area contributed by atoms with E-state index in [1.165, 1.54) is 18.2 Å². The predicted octanol–water partition coefficient (Wildman–Crippen LogP) is 5.25. The SMILES string of the molecule is CC(NC1CCCCC1C(F)(F)F)c1ccc(F)cc1Cl. The molecule has 1 aliphatic carbocycles. The van der Waals surface area contributed by atoms with Crippen molar-refractivity contribution in [2.45, 2.75) is 50.9 Å². The smallest absolute Gasteiger partial charge is 0.307 e. The molecule has 3 atom stereocenters. The van der Waals surface area contributed by atoms with Gasteiger partial charge in [-0.1, -0.05) is 30.5 Å². The van der Waals surface area contributed by atoms with Crippen molar-refractivity contribution in [2.75, 3.05) is 0 Å². The van der Waals surface area contributed by atoms with Crippen molar-refractivity contribution in [3.05, 3.63) is 34.6 Å². The lowest BCUT2D eigenvalue weighted by molar-refractivity contribution is -0.189. The molecule has 1 saturated carbocycles. The van der Waals surface area contributed by atoms with Gasteiger partial charge in [0.15, 0.2) is 0 Å². The van der Waals surface area contributed by atoms with Gasteiger partial charge in [0.1, 0.15) is 5.82 Å². The van der Waals surface area contributed by atoms with Crippen LogP contribution in [0.4, 0.5) is 17.6 Å². The number of halogens is 5. The molecule has 1 fully saturated rings. The molecule has 0 heterocycles. The van der Waals surface area contributed by atoms with Crippen LogP contribution in [0.2, 0.25) is 5.02 Å². The van der Waals surface area contributed by atoms with Crippen LogP contribution < -0.4 is 5.32 Å². The predicted molar refractivity (Wildman–Crippen MR) is 74.8 cm³/mol. The van der Waals surface area contributed by atoms with E-state index in [2.05, 4.69) is 5.32 Å². The van der Waals surface area contributed by atoms with Gasteiger partial charge in [0.2, 0.25) is 0 Å². The van der Waals surface area contributed by atoms with E-state index >= 15 is 0 Å². The molecule has 0 aliphatic heterocycles. The summed E-state index contributed by atoms with van der Waals surface area (Å²) in [5.74, 6) is -1.78. The molecule has 1 nitrogen and oxygen atoms in total. The molecule has 6 heteroatoms. The van der Waals surface area contributed by atoms with Gasteiger partial charge < -0.3 is 5.32 Å². The van der Waals surface area contributed by atoms with Crippen molar-refractivity contribution < 1.29 is 17.6 Å². The standard InChI is InChI=1S/C15H18ClF4N/c1-9(11-7-6-10(17)8-13(11)16)21-14-5-3-2-4-12(14)15(18,19)20/h6-9,12,14,21H,2-5H2,1H3. The van der Waals surface area contributed by atoms with Crippen LogP contribution >= 0.6 is 11.6 Å². The Morgan fingerprint density at radius 3 is 2.52 bits per heavy atom. The Balaban J connectivity index is 2.11. The van der Waals surface area contributed by atoms with Gasteiger partial charge in [-0.3, -0.25) is 0 Å². The fourth-order valence-corrected chi connectivity index (χ4v) is 3.32. The molecule has 0 radical (unpaired) electrons. The first-order valence-corrected chi connectivity index (χ1v) is 7.44. The molecule has 2 rings (SSSR count). The lowest BCUT2D eigenvalue weighted by atomic mass is 9.83. The summed E-state index contributed by atoms with van der Waals surface area (Å²) in [6.07, 6.45) is -2.15. The second-order valence-electron chi connectivity index (χ2n) is 5.59. The molecule has 0 bridgehead atoms. The van der Waals surface area contributed by atoms with Crippen LogP contribution in [0, 0.1) is 11.7 Å². The maximum absolute atomic E-state index is 13.1. The zero-order chi connectivity index (χ0) is 15.6. The molecule has 1 aliphatic rings. The zero-order valence-corrected chi connectivity index (χ0v) is 12.4. The summed E-state index contributed by atoms with van der Waals surface area (Å²) in [5.41, 5.74) is 0.615. The highest BCUT2D eigenvalue weighted by Crippen LogP contribution is 2.38. The van der Waals surface area contributed by atoms with Gasteiger partial charge in [-0.2, -0.15) is 13.2 Å². The third kappa shape index (κ3) is 4.10. The summed E-state index contributed by atoms with van der Waals surface area (Å²) >= 11 is 5.97. The van der Waals surface area contributed by atoms with Crippen LogP contribution in [-0.2, 0) is 0 Å². The Morgan fingerprint density at radius 2 is 1.90 bits per heavy atom. The number of alkyl halides is 3. The van der Waals surface area contributed by atoms with E-state index in [9.17, 15) is 17.6 Å². The minimum absolute atomic E-state index is 0.158. The number of hydrogen-bond donors (Lipinski definition) is 1. The number of hydrogen-bond acceptors (Lipinski definition) is 1. The Morgan fingerprint density at radius 1 is 1.24 bits per heavy atom. The van der Waals surface area contributed by atoms with E-state index in [4.69, 9.17) is 11.6 Å². The van der Waals surface area contributed by atoms with Crippen LogP contribution in [0.15, 0.2) is 18.2 Å². The van der Waals surface area contributed by atoms with Gasteiger partial charge in [0, 0.05) is 17.1 Å². The molecule has 3 unspecified atom stereocenters. The van der Waals surface area contributed by atoms with E-state index in [1.54, 1.807) is 6.92 Å². The molecule has 0 aromatic heterocycles. The minimum Gasteiger partial charge on any atom is -0.307 e. The van der Waals surface area contributed by atoms with E-state index in [1.807, 2.05) is 0 Å². The van der Waals surface area contributed by atoms with E-state index < -0.39 is 24.0 Å². The normalized spacial score (nSPS) is 24.9. The molecule has 1 aromatic carbocycles. The summed E-state index contributed by atoms with van der Waals surface area (Å²) in [4.78, 5) is 0. The molecule has 0 spiro atoms. The van der Waals surface area contributed by atoms with Crippen molar-refractivity contribution >= 4 is 11.6 Å². The monoisotopic (exact) mass is 323 g/mol. The van der Waals surface area contributed by atoms with Crippen molar-refractivity contribution in [1.82, 2.24) is 5.32 Å². The zero-order valence-electron chi connectivity index (χ0n) is 11.7. The maximum atomic E-state index is 13.1. The average molecular weight is 324 g/mol. The van der Waals surface area contributed by atoms with E-state index in [-0.39, 0.29) is 17.5 Å². The minimum atomic E-state index is -4.19. The molecule has 1 aromatic rings. The van der Waals surface area contributed by atoms with Gasteiger partial charge in [-0.25, -0.2) is 4.39 Å². The Hall–Kier alpha value is -0.810. The van der Waals surface area contributed by atoms with Crippen molar-refractivity contribution in [3.63, 3.8) is 0 Å². The highest BCUT2D eigenvalue weighted by atomic mass is 35.5. The second-order valence-corrected chi connectivity index (χ2v) is 6.00. The van der Waals surface area contributed by atoms with E-state index in [0.717, 1.165) is 6.42 Å².